The van der Waals surface area contributed by atoms with Crippen molar-refractivity contribution in [1.82, 2.24) is 9.97 Å². The lowest BCUT2D eigenvalue weighted by Crippen LogP contribution is -2.14. The summed E-state index contributed by atoms with van der Waals surface area (Å²) in [5.74, 6) is 1.05. The number of hydrogen-bond acceptors (Lipinski definition) is 5. The van der Waals surface area contributed by atoms with Crippen LogP contribution in [0.2, 0.25) is 5.02 Å². The van der Waals surface area contributed by atoms with Gasteiger partial charge >= 0.3 is 0 Å². The van der Waals surface area contributed by atoms with Crippen molar-refractivity contribution in [3.05, 3.63) is 76.6 Å². The first kappa shape index (κ1) is 19.6. The molecule has 0 spiro atoms. The SMILES string of the molecule is COc1ccccc1CCNc1ncc(C(=O)Nc2ccc(Cl)cc2C)cn1. The molecule has 0 unspecified atom stereocenters. The van der Waals surface area contributed by atoms with Crippen molar-refractivity contribution in [2.75, 3.05) is 24.3 Å². The lowest BCUT2D eigenvalue weighted by molar-refractivity contribution is 0.102. The summed E-state index contributed by atoms with van der Waals surface area (Å²) in [5.41, 5.74) is 3.07. The van der Waals surface area contributed by atoms with E-state index < -0.39 is 0 Å². The van der Waals surface area contributed by atoms with E-state index in [0.717, 1.165) is 23.3 Å². The van der Waals surface area contributed by atoms with Crippen molar-refractivity contribution in [2.24, 2.45) is 0 Å². The number of hydrogen-bond donors (Lipinski definition) is 2. The predicted octanol–water partition coefficient (Wildman–Crippen LogP) is 4.35. The van der Waals surface area contributed by atoms with Crippen molar-refractivity contribution in [3.63, 3.8) is 0 Å². The maximum Gasteiger partial charge on any atom is 0.258 e. The van der Waals surface area contributed by atoms with Crippen LogP contribution in [0, 0.1) is 6.92 Å². The third kappa shape index (κ3) is 4.98. The van der Waals surface area contributed by atoms with Crippen molar-refractivity contribution < 1.29 is 9.53 Å². The molecule has 3 rings (SSSR count). The highest BCUT2D eigenvalue weighted by atomic mass is 35.5. The van der Waals surface area contributed by atoms with E-state index in [2.05, 4.69) is 20.6 Å². The first-order chi connectivity index (χ1) is 13.6. The van der Waals surface area contributed by atoms with Crippen LogP contribution in [0.25, 0.3) is 0 Å². The second kappa shape index (κ2) is 9.19. The van der Waals surface area contributed by atoms with Crippen LogP contribution in [-0.2, 0) is 6.42 Å². The average Bonchev–Trinajstić information content (AvgIpc) is 2.71. The number of amides is 1. The van der Waals surface area contributed by atoms with Gasteiger partial charge in [-0.15, -0.1) is 0 Å². The third-order valence-corrected chi connectivity index (χ3v) is 4.46. The number of aromatic nitrogens is 2. The molecule has 0 bridgehead atoms. The fraction of sp³-hybridized carbons (Fsp3) is 0.190. The van der Waals surface area contributed by atoms with Gasteiger partial charge in [0.05, 0.1) is 12.7 Å². The normalized spacial score (nSPS) is 10.4. The highest BCUT2D eigenvalue weighted by Crippen LogP contribution is 2.20. The van der Waals surface area contributed by atoms with Crippen LogP contribution in [0.1, 0.15) is 21.5 Å². The number of halogens is 1. The van der Waals surface area contributed by atoms with E-state index in [1.54, 1.807) is 25.3 Å². The van der Waals surface area contributed by atoms with E-state index in [1.165, 1.54) is 12.4 Å². The summed E-state index contributed by atoms with van der Waals surface area (Å²) in [5, 5.41) is 6.62. The quantitative estimate of drug-likeness (QED) is 0.620. The molecular formula is C21H21ClN4O2. The summed E-state index contributed by atoms with van der Waals surface area (Å²) in [6.45, 7) is 2.53. The maximum atomic E-state index is 12.4. The smallest absolute Gasteiger partial charge is 0.258 e. The van der Waals surface area contributed by atoms with Gasteiger partial charge in [0.1, 0.15) is 5.75 Å². The molecule has 2 N–H and O–H groups in total. The van der Waals surface area contributed by atoms with E-state index in [9.17, 15) is 4.79 Å². The number of carbonyl (C=O) groups excluding carboxylic acids is 1. The Kier molecular flexibility index (Phi) is 6.45. The van der Waals surface area contributed by atoms with Crippen molar-refractivity contribution in [1.29, 1.82) is 0 Å². The fourth-order valence-corrected chi connectivity index (χ4v) is 2.94. The summed E-state index contributed by atoms with van der Waals surface area (Å²) in [7, 11) is 1.66. The molecule has 0 aliphatic carbocycles. The molecule has 0 aliphatic heterocycles. The van der Waals surface area contributed by atoms with Gasteiger partial charge in [-0.1, -0.05) is 29.8 Å². The van der Waals surface area contributed by atoms with Crippen LogP contribution < -0.4 is 15.4 Å². The highest BCUT2D eigenvalue weighted by molar-refractivity contribution is 6.30. The molecule has 0 aliphatic rings. The third-order valence-electron chi connectivity index (χ3n) is 4.22. The van der Waals surface area contributed by atoms with Crippen LogP contribution in [0.5, 0.6) is 5.75 Å². The van der Waals surface area contributed by atoms with Gasteiger partial charge in [-0.25, -0.2) is 9.97 Å². The number of methoxy groups -OCH3 is 1. The molecule has 0 saturated carbocycles. The zero-order valence-electron chi connectivity index (χ0n) is 15.7. The predicted molar refractivity (Wildman–Crippen MR) is 111 cm³/mol. The number of carbonyl (C=O) groups is 1. The van der Waals surface area contributed by atoms with Crippen LogP contribution in [0.4, 0.5) is 11.6 Å². The van der Waals surface area contributed by atoms with E-state index in [4.69, 9.17) is 16.3 Å². The molecule has 3 aromatic rings. The molecule has 7 heteroatoms. The molecule has 1 heterocycles. The minimum Gasteiger partial charge on any atom is -0.496 e. The van der Waals surface area contributed by atoms with E-state index >= 15 is 0 Å². The zero-order valence-corrected chi connectivity index (χ0v) is 16.5. The van der Waals surface area contributed by atoms with E-state index in [1.807, 2.05) is 31.2 Å². The van der Waals surface area contributed by atoms with Gasteiger partial charge in [0, 0.05) is 29.6 Å². The number of nitrogens with one attached hydrogen (secondary N) is 2. The molecular weight excluding hydrogens is 376 g/mol. The molecule has 6 nitrogen and oxygen atoms in total. The topological polar surface area (TPSA) is 76.1 Å². The van der Waals surface area contributed by atoms with E-state index in [0.29, 0.717) is 28.8 Å². The first-order valence-corrected chi connectivity index (χ1v) is 9.20. The van der Waals surface area contributed by atoms with Gasteiger partial charge in [0.25, 0.3) is 5.91 Å². The van der Waals surface area contributed by atoms with Crippen molar-refractivity contribution in [2.45, 2.75) is 13.3 Å². The monoisotopic (exact) mass is 396 g/mol. The maximum absolute atomic E-state index is 12.4. The molecule has 0 atom stereocenters. The van der Waals surface area contributed by atoms with Crippen LogP contribution in [0.15, 0.2) is 54.9 Å². The number of ether oxygens (including phenoxy) is 1. The number of nitrogens with zero attached hydrogens (tertiary/aromatic N) is 2. The molecule has 2 aromatic carbocycles. The number of rotatable bonds is 7. The highest BCUT2D eigenvalue weighted by Gasteiger charge is 2.10. The molecule has 144 valence electrons. The summed E-state index contributed by atoms with van der Waals surface area (Å²) >= 11 is 5.94. The van der Waals surface area contributed by atoms with E-state index in [-0.39, 0.29) is 5.91 Å². The summed E-state index contributed by atoms with van der Waals surface area (Å²) in [4.78, 5) is 20.8. The van der Waals surface area contributed by atoms with Crippen molar-refractivity contribution >= 4 is 29.1 Å². The van der Waals surface area contributed by atoms with Crippen LogP contribution >= 0.6 is 11.6 Å². The van der Waals surface area contributed by atoms with Gasteiger partial charge in [-0.3, -0.25) is 4.79 Å². The second-order valence-electron chi connectivity index (χ2n) is 6.20. The van der Waals surface area contributed by atoms with Gasteiger partial charge in [0.15, 0.2) is 0 Å². The Balaban J connectivity index is 1.56. The average molecular weight is 397 g/mol. The molecule has 0 fully saturated rings. The van der Waals surface area contributed by atoms with Crippen molar-refractivity contribution in [3.8, 4) is 5.75 Å². The van der Waals surface area contributed by atoms with Gasteiger partial charge < -0.3 is 15.4 Å². The number of anilines is 2. The zero-order chi connectivity index (χ0) is 19.9. The Bertz CT molecular complexity index is 961. The molecule has 0 saturated heterocycles. The molecule has 28 heavy (non-hydrogen) atoms. The number of benzene rings is 2. The van der Waals surface area contributed by atoms with Gasteiger partial charge in [0.2, 0.25) is 5.95 Å². The minimum absolute atomic E-state index is 0.272. The van der Waals surface area contributed by atoms with Gasteiger partial charge in [-0.05, 0) is 48.7 Å². The lowest BCUT2D eigenvalue weighted by atomic mass is 10.1. The number of para-hydroxylation sites is 1. The lowest BCUT2D eigenvalue weighted by Gasteiger charge is -2.10. The van der Waals surface area contributed by atoms with Crippen LogP contribution in [0.3, 0.4) is 0 Å². The number of aryl methyl sites for hydroxylation is 1. The van der Waals surface area contributed by atoms with Gasteiger partial charge in [-0.2, -0.15) is 0 Å². The summed E-state index contributed by atoms with van der Waals surface area (Å²) in [6, 6.07) is 13.2. The Labute approximate surface area is 168 Å². The Morgan fingerprint density at radius 3 is 2.61 bits per heavy atom. The Morgan fingerprint density at radius 1 is 1.14 bits per heavy atom. The molecule has 1 amide bonds. The Morgan fingerprint density at radius 2 is 1.89 bits per heavy atom. The molecule has 1 aromatic heterocycles. The largest absolute Gasteiger partial charge is 0.496 e. The van der Waals surface area contributed by atoms with Crippen LogP contribution in [-0.4, -0.2) is 29.5 Å². The minimum atomic E-state index is -0.272. The first-order valence-electron chi connectivity index (χ1n) is 8.82. The summed E-state index contributed by atoms with van der Waals surface area (Å²) in [6.07, 6.45) is 3.77. The second-order valence-corrected chi connectivity index (χ2v) is 6.63. The standard InChI is InChI=1S/C21H21ClN4O2/c1-14-11-17(22)7-8-18(14)26-20(27)16-12-24-21(25-13-16)23-10-9-15-5-3-4-6-19(15)28-2/h3-8,11-13H,9-10H2,1-2H3,(H,26,27)(H,23,24,25). The Hall–Kier alpha value is -3.12. The fourth-order valence-electron chi connectivity index (χ4n) is 2.72. The molecule has 0 radical (unpaired) electrons. The summed E-state index contributed by atoms with van der Waals surface area (Å²) < 4.78 is 5.34.